The van der Waals surface area contributed by atoms with Gasteiger partial charge < -0.3 is 14.0 Å². The van der Waals surface area contributed by atoms with Gasteiger partial charge in [0.1, 0.15) is 12.0 Å². The summed E-state index contributed by atoms with van der Waals surface area (Å²) in [6.07, 6.45) is 5.64. The van der Waals surface area contributed by atoms with Gasteiger partial charge in [-0.3, -0.25) is 0 Å². The van der Waals surface area contributed by atoms with Crippen LogP contribution in [-0.4, -0.2) is 25.0 Å². The molecular formula is C19H29NO3. The Morgan fingerprint density at radius 1 is 0.913 bits per heavy atom. The first kappa shape index (κ1) is 19.2. The first-order valence-corrected chi connectivity index (χ1v) is 8.51. The summed E-state index contributed by atoms with van der Waals surface area (Å²) in [6.45, 7) is 8.34. The van der Waals surface area contributed by atoms with E-state index in [1.807, 2.05) is 32.0 Å². The zero-order valence-electron chi connectivity index (χ0n) is 14.6. The molecule has 0 saturated heterocycles. The molecular weight excluding hydrogens is 290 g/mol. The van der Waals surface area contributed by atoms with Crippen molar-refractivity contribution in [3.05, 3.63) is 47.9 Å². The maximum absolute atomic E-state index is 5.68. The normalized spacial score (nSPS) is 10.0. The van der Waals surface area contributed by atoms with Gasteiger partial charge in [-0.1, -0.05) is 36.7 Å². The van der Waals surface area contributed by atoms with E-state index in [1.54, 1.807) is 6.26 Å². The smallest absolute Gasteiger partial charge is 0.124 e. The first-order valence-electron chi connectivity index (χ1n) is 8.51. The van der Waals surface area contributed by atoms with Gasteiger partial charge in [-0.15, -0.1) is 0 Å². The summed E-state index contributed by atoms with van der Waals surface area (Å²) in [5.41, 5.74) is 2.20. The fourth-order valence-electron chi connectivity index (χ4n) is 1.95. The zero-order valence-corrected chi connectivity index (χ0v) is 14.6. The Kier molecular flexibility index (Phi) is 10.6. The monoisotopic (exact) mass is 319 g/mol. The number of benzene rings is 1. The summed E-state index contributed by atoms with van der Waals surface area (Å²) in [4.78, 5) is 0. The Hall–Kier alpha value is -1.81. The molecule has 0 unspecified atom stereocenters. The summed E-state index contributed by atoms with van der Waals surface area (Å²) in [5.74, 6) is 0.949. The van der Waals surface area contributed by atoms with E-state index in [9.17, 15) is 0 Å². The van der Waals surface area contributed by atoms with Crippen LogP contribution in [0.3, 0.4) is 0 Å². The van der Waals surface area contributed by atoms with Crippen molar-refractivity contribution in [2.45, 2.75) is 46.5 Å². The summed E-state index contributed by atoms with van der Waals surface area (Å²) < 4.78 is 16.0. The molecule has 4 heteroatoms. The Balaban J connectivity index is 0.00000127. The van der Waals surface area contributed by atoms with Crippen LogP contribution in [0.5, 0.6) is 5.75 Å². The van der Waals surface area contributed by atoms with E-state index in [2.05, 4.69) is 24.2 Å². The van der Waals surface area contributed by atoms with E-state index in [4.69, 9.17) is 14.0 Å². The molecule has 0 aliphatic heterocycles. The van der Waals surface area contributed by atoms with Crippen molar-refractivity contribution in [3.63, 3.8) is 0 Å². The molecule has 1 aromatic carbocycles. The van der Waals surface area contributed by atoms with Gasteiger partial charge in [-0.2, -0.15) is 0 Å². The van der Waals surface area contributed by atoms with Crippen molar-refractivity contribution in [2.24, 2.45) is 0 Å². The largest absolute Gasteiger partial charge is 0.494 e. The van der Waals surface area contributed by atoms with Gasteiger partial charge in [-0.05, 0) is 38.3 Å². The van der Waals surface area contributed by atoms with Gasteiger partial charge >= 0.3 is 0 Å². The quantitative estimate of drug-likeness (QED) is 0.589. The molecule has 0 bridgehead atoms. The molecule has 2 rings (SSSR count). The minimum Gasteiger partial charge on any atom is -0.494 e. The van der Waals surface area contributed by atoms with E-state index in [1.165, 1.54) is 5.56 Å². The molecule has 128 valence electrons. The Labute approximate surface area is 139 Å². The Morgan fingerprint density at radius 3 is 2.35 bits per heavy atom. The SMILES string of the molecule is CC.Cc1ccc(OCCCCCOCCc2ccon2)cc1. The third-order valence-electron chi connectivity index (χ3n) is 3.22. The van der Waals surface area contributed by atoms with Crippen LogP contribution >= 0.6 is 0 Å². The van der Waals surface area contributed by atoms with Crippen LogP contribution < -0.4 is 4.74 Å². The summed E-state index contributed by atoms with van der Waals surface area (Å²) in [6, 6.07) is 10.0. The average Bonchev–Trinajstić information content (AvgIpc) is 3.10. The summed E-state index contributed by atoms with van der Waals surface area (Å²) in [5, 5.41) is 3.84. The number of rotatable bonds is 10. The highest BCUT2D eigenvalue weighted by Gasteiger charge is 1.97. The van der Waals surface area contributed by atoms with Crippen molar-refractivity contribution in [2.75, 3.05) is 19.8 Å². The van der Waals surface area contributed by atoms with Gasteiger partial charge in [0.25, 0.3) is 0 Å². The molecule has 0 aliphatic carbocycles. The molecule has 0 aliphatic rings. The van der Waals surface area contributed by atoms with E-state index in [-0.39, 0.29) is 0 Å². The zero-order chi connectivity index (χ0) is 16.8. The minimum absolute atomic E-state index is 0.701. The van der Waals surface area contributed by atoms with Gasteiger partial charge in [0.2, 0.25) is 0 Å². The second-order valence-electron chi connectivity index (χ2n) is 5.08. The maximum Gasteiger partial charge on any atom is 0.124 e. The number of ether oxygens (including phenoxy) is 2. The molecule has 0 spiro atoms. The van der Waals surface area contributed by atoms with Crippen molar-refractivity contribution in [1.29, 1.82) is 0 Å². The predicted octanol–water partition coefficient (Wildman–Crippen LogP) is 4.82. The van der Waals surface area contributed by atoms with Crippen molar-refractivity contribution < 1.29 is 14.0 Å². The molecule has 0 saturated carbocycles. The van der Waals surface area contributed by atoms with Gasteiger partial charge in [0.05, 0.1) is 18.9 Å². The molecule has 0 radical (unpaired) electrons. The van der Waals surface area contributed by atoms with E-state index in [0.717, 1.165) is 50.3 Å². The first-order chi connectivity index (χ1) is 11.3. The number of hydrogen-bond donors (Lipinski definition) is 0. The number of aryl methyl sites for hydroxylation is 1. The van der Waals surface area contributed by atoms with Gasteiger partial charge in [0, 0.05) is 19.1 Å². The topological polar surface area (TPSA) is 44.5 Å². The molecule has 4 nitrogen and oxygen atoms in total. The third kappa shape index (κ3) is 9.04. The lowest BCUT2D eigenvalue weighted by Gasteiger charge is -2.06. The summed E-state index contributed by atoms with van der Waals surface area (Å²) in [7, 11) is 0. The molecule has 0 N–H and O–H groups in total. The van der Waals surface area contributed by atoms with Crippen LogP contribution in [0.15, 0.2) is 41.1 Å². The second kappa shape index (κ2) is 12.7. The van der Waals surface area contributed by atoms with Gasteiger partial charge in [-0.25, -0.2) is 0 Å². The van der Waals surface area contributed by atoms with Crippen LogP contribution in [0.25, 0.3) is 0 Å². The highest BCUT2D eigenvalue weighted by molar-refractivity contribution is 5.26. The van der Waals surface area contributed by atoms with E-state index >= 15 is 0 Å². The van der Waals surface area contributed by atoms with Crippen molar-refractivity contribution in [1.82, 2.24) is 5.16 Å². The summed E-state index contributed by atoms with van der Waals surface area (Å²) >= 11 is 0. The van der Waals surface area contributed by atoms with Crippen molar-refractivity contribution in [3.8, 4) is 5.75 Å². The number of aromatic nitrogens is 1. The van der Waals surface area contributed by atoms with Gasteiger partial charge in [0.15, 0.2) is 0 Å². The number of unbranched alkanes of at least 4 members (excludes halogenated alkanes) is 2. The van der Waals surface area contributed by atoms with Crippen molar-refractivity contribution >= 4 is 0 Å². The van der Waals surface area contributed by atoms with Crippen LogP contribution in [0.2, 0.25) is 0 Å². The van der Waals surface area contributed by atoms with Crippen LogP contribution in [0, 0.1) is 6.92 Å². The highest BCUT2D eigenvalue weighted by atomic mass is 16.5. The van der Waals surface area contributed by atoms with E-state index < -0.39 is 0 Å². The minimum atomic E-state index is 0.701. The lowest BCUT2D eigenvalue weighted by atomic mass is 10.2. The highest BCUT2D eigenvalue weighted by Crippen LogP contribution is 2.12. The second-order valence-corrected chi connectivity index (χ2v) is 5.08. The maximum atomic E-state index is 5.68. The fraction of sp³-hybridized carbons (Fsp3) is 0.526. The Morgan fingerprint density at radius 2 is 1.65 bits per heavy atom. The molecule has 0 atom stereocenters. The third-order valence-corrected chi connectivity index (χ3v) is 3.22. The Bertz CT molecular complexity index is 480. The number of hydrogen-bond acceptors (Lipinski definition) is 4. The molecule has 0 amide bonds. The van der Waals surface area contributed by atoms with Crippen LogP contribution in [0.1, 0.15) is 44.4 Å². The molecule has 2 aromatic rings. The van der Waals surface area contributed by atoms with E-state index in [0.29, 0.717) is 6.61 Å². The van der Waals surface area contributed by atoms with Crippen LogP contribution in [0.4, 0.5) is 0 Å². The lowest BCUT2D eigenvalue weighted by Crippen LogP contribution is -2.02. The fourth-order valence-corrected chi connectivity index (χ4v) is 1.95. The van der Waals surface area contributed by atoms with Crippen LogP contribution in [-0.2, 0) is 11.2 Å². The number of nitrogens with zero attached hydrogens (tertiary/aromatic N) is 1. The average molecular weight is 319 g/mol. The predicted molar refractivity (Wildman–Crippen MR) is 92.9 cm³/mol. The molecule has 1 heterocycles. The molecule has 0 fully saturated rings. The lowest BCUT2D eigenvalue weighted by molar-refractivity contribution is 0.130. The standard InChI is InChI=1S/C17H23NO3.C2H6/c1-15-5-7-17(8-6-15)20-12-4-2-3-11-19-13-9-16-10-14-21-18-16;1-2/h5-8,10,14H,2-4,9,11-13H2,1H3;1-2H3. The molecule has 1 aromatic heterocycles. The molecule has 23 heavy (non-hydrogen) atoms.